The molecule has 0 aliphatic heterocycles. The molecule has 0 spiro atoms. The average Bonchev–Trinajstić information content (AvgIpc) is 2.82. The third-order valence-electron chi connectivity index (χ3n) is 3.31. The minimum atomic E-state index is -0.127. The minimum absolute atomic E-state index is 0.0473. The van der Waals surface area contributed by atoms with Crippen LogP contribution in [0.5, 0.6) is 0 Å². The third-order valence-corrected chi connectivity index (χ3v) is 4.34. The van der Waals surface area contributed by atoms with Crippen LogP contribution in [0.15, 0.2) is 16.0 Å². The average molecular weight is 308 g/mol. The molecule has 0 aliphatic rings. The summed E-state index contributed by atoms with van der Waals surface area (Å²) in [6, 6.07) is 1.99. The number of nitrogens with one attached hydrogen (secondary N) is 2. The molecule has 0 radical (unpaired) electrons. The largest absolute Gasteiger partial charge is 0.353 e. The first-order chi connectivity index (χ1) is 9.92. The fourth-order valence-corrected chi connectivity index (χ4v) is 2.72. The lowest BCUT2D eigenvalue weighted by atomic mass is 10.3. The molecule has 7 heteroatoms. The van der Waals surface area contributed by atoms with Crippen LogP contribution >= 0.6 is 11.8 Å². The van der Waals surface area contributed by atoms with Crippen molar-refractivity contribution in [2.24, 2.45) is 7.05 Å². The first-order valence-corrected chi connectivity index (χ1v) is 7.89. The quantitative estimate of drug-likeness (QED) is 0.649. The van der Waals surface area contributed by atoms with E-state index >= 15 is 0 Å². The Balaban J connectivity index is 2.17. The molecule has 6 nitrogen and oxygen atoms in total. The summed E-state index contributed by atoms with van der Waals surface area (Å²) in [7, 11) is 1.67. The molecule has 0 saturated heterocycles. The number of carbonyl (C=O) groups is 1. The van der Waals surface area contributed by atoms with Crippen LogP contribution in [0.25, 0.3) is 11.0 Å². The van der Waals surface area contributed by atoms with Gasteiger partial charge in [-0.15, -0.1) is 0 Å². The fraction of sp³-hybridized carbons (Fsp3) is 0.500. The molecule has 0 saturated carbocycles. The molecule has 2 aromatic rings. The number of nitrogens with zero attached hydrogens (tertiary/aromatic N) is 2. The maximum absolute atomic E-state index is 12.2. The van der Waals surface area contributed by atoms with E-state index in [0.717, 1.165) is 12.1 Å². The molecule has 0 bridgehead atoms. The van der Waals surface area contributed by atoms with Crippen LogP contribution in [0.1, 0.15) is 26.0 Å². The maximum Gasteiger partial charge on any atom is 0.278 e. The summed E-state index contributed by atoms with van der Waals surface area (Å²) >= 11 is 1.27. The van der Waals surface area contributed by atoms with E-state index in [1.165, 1.54) is 16.3 Å². The summed E-state index contributed by atoms with van der Waals surface area (Å²) in [6.45, 7) is 5.87. The fourth-order valence-electron chi connectivity index (χ4n) is 1.94. The molecular formula is C14H20N4O2S. The van der Waals surface area contributed by atoms with Gasteiger partial charge in [0.05, 0.1) is 11.3 Å². The summed E-state index contributed by atoms with van der Waals surface area (Å²) in [4.78, 5) is 31.5. The van der Waals surface area contributed by atoms with Crippen LogP contribution in [0.2, 0.25) is 0 Å². The van der Waals surface area contributed by atoms with E-state index in [9.17, 15) is 9.59 Å². The zero-order chi connectivity index (χ0) is 15.6. The molecular weight excluding hydrogens is 288 g/mol. The highest BCUT2D eigenvalue weighted by Gasteiger charge is 2.13. The van der Waals surface area contributed by atoms with Gasteiger partial charge in [0, 0.05) is 18.8 Å². The Morgan fingerprint density at radius 1 is 1.57 bits per heavy atom. The van der Waals surface area contributed by atoms with Gasteiger partial charge in [-0.25, -0.2) is 4.98 Å². The standard InChI is InChI=1S/C14H20N4O2S/c1-5-8(2)15-11(19)7-21-14-17-10-6-9(3)16-12(10)13(20)18(14)4/h6,8,16H,5,7H2,1-4H3,(H,15,19)/t8-/m1/s1. The van der Waals surface area contributed by atoms with Crippen LogP contribution in [-0.4, -0.2) is 32.2 Å². The second-order valence-electron chi connectivity index (χ2n) is 5.14. The Labute approximate surface area is 127 Å². The molecule has 0 aliphatic carbocycles. The minimum Gasteiger partial charge on any atom is -0.353 e. The smallest absolute Gasteiger partial charge is 0.278 e. The number of aryl methyl sites for hydroxylation is 1. The highest BCUT2D eigenvalue weighted by molar-refractivity contribution is 7.99. The Morgan fingerprint density at radius 3 is 2.95 bits per heavy atom. The SMILES string of the molecule is CC[C@@H](C)NC(=O)CSc1nc2cc(C)[nH]c2c(=O)n1C. The molecule has 1 amide bonds. The van der Waals surface area contributed by atoms with E-state index in [-0.39, 0.29) is 23.3 Å². The van der Waals surface area contributed by atoms with Gasteiger partial charge in [0.2, 0.25) is 5.91 Å². The van der Waals surface area contributed by atoms with Crippen molar-refractivity contribution in [3.05, 3.63) is 22.1 Å². The van der Waals surface area contributed by atoms with Gasteiger partial charge in [-0.2, -0.15) is 0 Å². The lowest BCUT2D eigenvalue weighted by Crippen LogP contribution is -2.33. The summed E-state index contributed by atoms with van der Waals surface area (Å²) in [6.07, 6.45) is 0.891. The molecule has 21 heavy (non-hydrogen) atoms. The van der Waals surface area contributed by atoms with Gasteiger partial charge in [0.25, 0.3) is 5.56 Å². The van der Waals surface area contributed by atoms with Crippen molar-refractivity contribution in [3.63, 3.8) is 0 Å². The Morgan fingerprint density at radius 2 is 2.29 bits per heavy atom. The second-order valence-corrected chi connectivity index (χ2v) is 6.08. The van der Waals surface area contributed by atoms with Crippen molar-refractivity contribution in [1.82, 2.24) is 19.9 Å². The summed E-state index contributed by atoms with van der Waals surface area (Å²) in [5.74, 6) is 0.202. The number of carbonyl (C=O) groups excluding carboxylic acids is 1. The van der Waals surface area contributed by atoms with Gasteiger partial charge >= 0.3 is 0 Å². The monoisotopic (exact) mass is 308 g/mol. The molecule has 114 valence electrons. The molecule has 0 aromatic carbocycles. The Bertz CT molecular complexity index is 720. The van der Waals surface area contributed by atoms with E-state index in [2.05, 4.69) is 15.3 Å². The number of H-pyrrole nitrogens is 1. The summed E-state index contributed by atoms with van der Waals surface area (Å²) in [5.41, 5.74) is 1.91. The highest BCUT2D eigenvalue weighted by Crippen LogP contribution is 2.17. The normalized spacial score (nSPS) is 12.6. The van der Waals surface area contributed by atoms with E-state index in [4.69, 9.17) is 0 Å². The van der Waals surface area contributed by atoms with Crippen LogP contribution in [0, 0.1) is 6.92 Å². The Kier molecular flexibility index (Phi) is 4.72. The van der Waals surface area contributed by atoms with E-state index in [1.54, 1.807) is 7.05 Å². The Hall–Kier alpha value is -1.76. The van der Waals surface area contributed by atoms with Crippen molar-refractivity contribution in [3.8, 4) is 0 Å². The molecule has 0 fully saturated rings. The number of rotatable bonds is 5. The molecule has 1 atom stereocenters. The number of amides is 1. The number of aromatic amines is 1. The predicted molar refractivity (Wildman–Crippen MR) is 84.7 cm³/mol. The van der Waals surface area contributed by atoms with Gasteiger partial charge in [0.15, 0.2) is 5.16 Å². The lowest BCUT2D eigenvalue weighted by Gasteiger charge is -2.11. The first kappa shape index (κ1) is 15.6. The molecule has 2 N–H and O–H groups in total. The van der Waals surface area contributed by atoms with Crippen molar-refractivity contribution in [2.75, 3.05) is 5.75 Å². The van der Waals surface area contributed by atoms with Crippen molar-refractivity contribution < 1.29 is 4.79 Å². The second kappa shape index (κ2) is 6.34. The number of hydrogen-bond donors (Lipinski definition) is 2. The van der Waals surface area contributed by atoms with Crippen molar-refractivity contribution >= 4 is 28.7 Å². The van der Waals surface area contributed by atoms with Gasteiger partial charge < -0.3 is 10.3 Å². The van der Waals surface area contributed by atoms with Gasteiger partial charge in [-0.3, -0.25) is 14.2 Å². The van der Waals surface area contributed by atoms with Crippen LogP contribution in [-0.2, 0) is 11.8 Å². The van der Waals surface area contributed by atoms with Crippen molar-refractivity contribution in [2.45, 2.75) is 38.4 Å². The maximum atomic E-state index is 12.2. The summed E-state index contributed by atoms with van der Waals surface area (Å²) in [5, 5.41) is 3.44. The third kappa shape index (κ3) is 3.47. The van der Waals surface area contributed by atoms with Crippen molar-refractivity contribution in [1.29, 1.82) is 0 Å². The topological polar surface area (TPSA) is 79.8 Å². The number of thioether (sulfide) groups is 1. The number of aromatic nitrogens is 3. The first-order valence-electron chi connectivity index (χ1n) is 6.90. The molecule has 2 rings (SSSR count). The van der Waals surface area contributed by atoms with Gasteiger partial charge in [-0.05, 0) is 26.3 Å². The van der Waals surface area contributed by atoms with Crippen LogP contribution in [0.4, 0.5) is 0 Å². The van der Waals surface area contributed by atoms with E-state index in [0.29, 0.717) is 16.2 Å². The van der Waals surface area contributed by atoms with Gasteiger partial charge in [-0.1, -0.05) is 18.7 Å². The lowest BCUT2D eigenvalue weighted by molar-refractivity contribution is -0.119. The molecule has 0 unspecified atom stereocenters. The zero-order valence-electron chi connectivity index (χ0n) is 12.7. The van der Waals surface area contributed by atoms with E-state index < -0.39 is 0 Å². The van der Waals surface area contributed by atoms with Gasteiger partial charge in [0.1, 0.15) is 5.52 Å². The summed E-state index contributed by atoms with van der Waals surface area (Å²) < 4.78 is 1.47. The van der Waals surface area contributed by atoms with Crippen LogP contribution in [0.3, 0.4) is 0 Å². The molecule has 2 aromatic heterocycles. The van der Waals surface area contributed by atoms with E-state index in [1.807, 2.05) is 26.8 Å². The number of hydrogen-bond acceptors (Lipinski definition) is 4. The van der Waals surface area contributed by atoms with Crippen LogP contribution < -0.4 is 10.9 Å². The zero-order valence-corrected chi connectivity index (χ0v) is 13.5. The molecule has 2 heterocycles. The number of fused-ring (bicyclic) bond motifs is 1. The highest BCUT2D eigenvalue weighted by atomic mass is 32.2. The predicted octanol–water partition coefficient (Wildman–Crippen LogP) is 1.58.